The zero-order chi connectivity index (χ0) is 40.5. The number of allylic oxidation sites excluding steroid dienone is 8. The Kier molecular flexibility index (Phi) is 38.6. The van der Waals surface area contributed by atoms with E-state index in [-0.39, 0.29) is 19.4 Å². The van der Waals surface area contributed by atoms with Crippen LogP contribution in [0.3, 0.4) is 0 Å². The van der Waals surface area contributed by atoms with Crippen LogP contribution in [0.5, 0.6) is 0 Å². The molecule has 0 amide bonds. The minimum atomic E-state index is -4.62. The van der Waals surface area contributed by atoms with Crippen LogP contribution in [0.15, 0.2) is 48.6 Å². The maximum absolute atomic E-state index is 12.6. The van der Waals surface area contributed by atoms with Crippen LogP contribution in [-0.2, 0) is 32.7 Å². The minimum Gasteiger partial charge on any atom is -0.462 e. The summed E-state index contributed by atoms with van der Waals surface area (Å²) in [6.45, 7) is 2.29. The quantitative estimate of drug-likeness (QED) is 0.0237. The second-order valence-electron chi connectivity index (χ2n) is 14.4. The Morgan fingerprint density at radius 1 is 0.545 bits per heavy atom. The molecule has 3 unspecified atom stereocenters. The first-order valence-corrected chi connectivity index (χ1v) is 23.1. The number of phosphoric acid groups is 1. The Labute approximate surface area is 334 Å². The topological polar surface area (TPSA) is 149 Å². The van der Waals surface area contributed by atoms with Crippen molar-refractivity contribution in [3.8, 4) is 0 Å². The highest BCUT2D eigenvalue weighted by atomic mass is 31.2. The van der Waals surface area contributed by atoms with E-state index in [1.807, 2.05) is 0 Å². The van der Waals surface area contributed by atoms with Crippen molar-refractivity contribution in [1.29, 1.82) is 0 Å². The van der Waals surface area contributed by atoms with Gasteiger partial charge in [-0.05, 0) is 70.6 Å². The van der Waals surface area contributed by atoms with Gasteiger partial charge in [0.1, 0.15) is 12.7 Å². The molecule has 11 heteroatoms. The van der Waals surface area contributed by atoms with Crippen LogP contribution in [0.25, 0.3) is 0 Å². The molecule has 55 heavy (non-hydrogen) atoms. The maximum Gasteiger partial charge on any atom is 0.472 e. The monoisotopic (exact) mass is 799 g/mol. The number of phosphoric ester groups is 1. The lowest BCUT2D eigenvalue weighted by Gasteiger charge is -2.20. The predicted molar refractivity (Wildman–Crippen MR) is 224 cm³/mol. The molecule has 0 radical (unpaired) electrons. The van der Waals surface area contributed by atoms with Gasteiger partial charge in [0.2, 0.25) is 0 Å². The van der Waals surface area contributed by atoms with E-state index in [4.69, 9.17) is 19.1 Å². The smallest absolute Gasteiger partial charge is 0.462 e. The van der Waals surface area contributed by atoms with Crippen molar-refractivity contribution in [1.82, 2.24) is 0 Å². The highest BCUT2D eigenvalue weighted by Gasteiger charge is 2.27. The summed E-state index contributed by atoms with van der Waals surface area (Å²) in [6.07, 6.45) is 42.1. The number of aliphatic hydroxyl groups is 2. The zero-order valence-corrected chi connectivity index (χ0v) is 35.5. The fourth-order valence-corrected chi connectivity index (χ4v) is 6.36. The van der Waals surface area contributed by atoms with Crippen LogP contribution < -0.4 is 0 Å². The lowest BCUT2D eigenvalue weighted by atomic mass is 10.1. The van der Waals surface area contributed by atoms with E-state index in [2.05, 4.69) is 67.0 Å². The lowest BCUT2D eigenvalue weighted by Crippen LogP contribution is -2.29. The Bertz CT molecular complexity index is 1060. The van der Waals surface area contributed by atoms with Crippen molar-refractivity contribution in [3.63, 3.8) is 0 Å². The molecule has 320 valence electrons. The number of carbonyl (C=O) groups excluding carboxylic acids is 2. The molecule has 0 aliphatic rings. The number of aliphatic hydroxyl groups excluding tert-OH is 2. The van der Waals surface area contributed by atoms with Crippen LogP contribution in [-0.4, -0.2) is 65.7 Å². The standard InChI is InChI=1S/C44H79O10P/c1-3-5-7-9-11-13-15-17-19-20-21-22-24-26-28-30-32-34-36-44(48)54-42(40-53-55(49,50)52-38-41(46)37-45)39-51-43(47)35-33-31-29-27-25-23-18-16-14-12-10-8-6-4-2/h10,12-13,15-16,18-20,41-42,45-46H,3-9,11,14,17,21-40H2,1-2H3,(H,49,50)/b12-10-,15-13-,18-16-,20-19-. The van der Waals surface area contributed by atoms with Crippen molar-refractivity contribution >= 4 is 19.8 Å². The molecule has 0 heterocycles. The third kappa shape index (κ3) is 39.9. The Morgan fingerprint density at radius 2 is 0.964 bits per heavy atom. The van der Waals surface area contributed by atoms with E-state index >= 15 is 0 Å². The summed E-state index contributed by atoms with van der Waals surface area (Å²) in [4.78, 5) is 35.0. The zero-order valence-electron chi connectivity index (χ0n) is 34.6. The van der Waals surface area contributed by atoms with Crippen LogP contribution in [0.2, 0.25) is 0 Å². The second-order valence-corrected chi connectivity index (χ2v) is 15.8. The average Bonchev–Trinajstić information content (AvgIpc) is 3.17. The largest absolute Gasteiger partial charge is 0.472 e. The van der Waals surface area contributed by atoms with Crippen LogP contribution in [0.4, 0.5) is 0 Å². The molecule has 0 saturated carbocycles. The Morgan fingerprint density at radius 3 is 1.45 bits per heavy atom. The van der Waals surface area contributed by atoms with E-state index in [9.17, 15) is 24.2 Å². The second kappa shape index (κ2) is 40.1. The molecule has 0 aliphatic carbocycles. The fraction of sp³-hybridized carbons (Fsp3) is 0.773. The summed E-state index contributed by atoms with van der Waals surface area (Å²) in [7, 11) is -4.62. The number of esters is 2. The van der Waals surface area contributed by atoms with Gasteiger partial charge in [-0.3, -0.25) is 18.6 Å². The molecule has 0 bridgehead atoms. The van der Waals surface area contributed by atoms with Crippen molar-refractivity contribution in [3.05, 3.63) is 48.6 Å². The lowest BCUT2D eigenvalue weighted by molar-refractivity contribution is -0.161. The van der Waals surface area contributed by atoms with Gasteiger partial charge in [0.05, 0.1) is 19.8 Å². The molecule has 0 aromatic carbocycles. The molecule has 0 fully saturated rings. The summed E-state index contributed by atoms with van der Waals surface area (Å²) in [5.41, 5.74) is 0. The summed E-state index contributed by atoms with van der Waals surface area (Å²) < 4.78 is 32.7. The van der Waals surface area contributed by atoms with E-state index in [0.29, 0.717) is 12.8 Å². The molecule has 10 nitrogen and oxygen atoms in total. The van der Waals surface area contributed by atoms with Crippen molar-refractivity contribution in [2.24, 2.45) is 0 Å². The van der Waals surface area contributed by atoms with Crippen LogP contribution >= 0.6 is 7.82 Å². The van der Waals surface area contributed by atoms with Crippen molar-refractivity contribution in [2.45, 2.75) is 193 Å². The van der Waals surface area contributed by atoms with Gasteiger partial charge in [0.15, 0.2) is 6.10 Å². The molecule has 0 aromatic heterocycles. The SMILES string of the molecule is CCCC/C=C\C/C=C\CCCCCCCC(=O)OCC(COP(=O)(O)OCC(O)CO)OC(=O)CCCCCCCCC/C=C\C/C=C\CCCCCC. The molecular weight excluding hydrogens is 719 g/mol. The van der Waals surface area contributed by atoms with Gasteiger partial charge in [-0.2, -0.15) is 0 Å². The normalized spacial score (nSPS) is 14.3. The highest BCUT2D eigenvalue weighted by Crippen LogP contribution is 2.43. The van der Waals surface area contributed by atoms with E-state index in [0.717, 1.165) is 83.5 Å². The molecule has 0 aliphatic heterocycles. The third-order valence-corrected chi connectivity index (χ3v) is 9.91. The summed E-state index contributed by atoms with van der Waals surface area (Å²) in [5, 5.41) is 18.3. The fourth-order valence-electron chi connectivity index (χ4n) is 5.57. The Balaban J connectivity index is 4.33. The number of hydrogen-bond donors (Lipinski definition) is 3. The Hall–Kier alpha value is -2.07. The molecular formula is C44H79O10P. The van der Waals surface area contributed by atoms with Gasteiger partial charge >= 0.3 is 19.8 Å². The first-order valence-electron chi connectivity index (χ1n) is 21.6. The number of ether oxygens (including phenoxy) is 2. The van der Waals surface area contributed by atoms with E-state index in [1.165, 1.54) is 57.8 Å². The van der Waals surface area contributed by atoms with E-state index in [1.54, 1.807) is 0 Å². The van der Waals surface area contributed by atoms with Gasteiger partial charge in [-0.1, -0.05) is 146 Å². The maximum atomic E-state index is 12.6. The predicted octanol–water partition coefficient (Wildman–Crippen LogP) is 11.3. The van der Waals surface area contributed by atoms with Crippen molar-refractivity contribution < 1.29 is 47.8 Å². The number of hydrogen-bond acceptors (Lipinski definition) is 9. The van der Waals surface area contributed by atoms with Crippen LogP contribution in [0.1, 0.15) is 181 Å². The van der Waals surface area contributed by atoms with Gasteiger partial charge in [0, 0.05) is 12.8 Å². The summed E-state index contributed by atoms with van der Waals surface area (Å²) in [5.74, 6) is -0.951. The average molecular weight is 799 g/mol. The molecule has 0 saturated heterocycles. The number of carbonyl (C=O) groups is 2. The summed E-state index contributed by atoms with van der Waals surface area (Å²) in [6, 6.07) is 0. The van der Waals surface area contributed by atoms with Gasteiger partial charge < -0.3 is 24.6 Å². The van der Waals surface area contributed by atoms with Gasteiger partial charge in [-0.15, -0.1) is 0 Å². The molecule has 3 N–H and O–H groups in total. The van der Waals surface area contributed by atoms with Gasteiger partial charge in [0.25, 0.3) is 0 Å². The first-order chi connectivity index (χ1) is 26.7. The molecule has 0 aromatic rings. The molecule has 0 rings (SSSR count). The third-order valence-electron chi connectivity index (χ3n) is 8.96. The first kappa shape index (κ1) is 52.9. The minimum absolute atomic E-state index is 0.171. The molecule has 3 atom stereocenters. The van der Waals surface area contributed by atoms with E-state index < -0.39 is 51.8 Å². The van der Waals surface area contributed by atoms with Gasteiger partial charge in [-0.25, -0.2) is 4.57 Å². The summed E-state index contributed by atoms with van der Waals surface area (Å²) >= 11 is 0. The number of unbranched alkanes of at least 4 members (excludes halogenated alkanes) is 18. The number of rotatable bonds is 40. The van der Waals surface area contributed by atoms with Crippen molar-refractivity contribution in [2.75, 3.05) is 26.4 Å². The molecule has 0 spiro atoms. The highest BCUT2D eigenvalue weighted by molar-refractivity contribution is 7.47. The van der Waals surface area contributed by atoms with Crippen LogP contribution in [0, 0.1) is 0 Å².